The average molecular weight is 1090 g/mol. The monoisotopic (exact) mass is 1080 g/mol. The molecule has 0 saturated carbocycles. The summed E-state index contributed by atoms with van der Waals surface area (Å²) in [5.74, 6) is -0.618. The van der Waals surface area contributed by atoms with Gasteiger partial charge in [-0.1, -0.05) is 255 Å². The Labute approximate surface area is 470 Å². The van der Waals surface area contributed by atoms with E-state index >= 15 is 0 Å². The zero-order valence-electron chi connectivity index (χ0n) is 50.4. The molecule has 0 aromatic carbocycles. The highest BCUT2D eigenvalue weighted by atomic mass is 31.2. The van der Waals surface area contributed by atoms with Crippen LogP contribution in [0.2, 0.25) is 0 Å². The Kier molecular flexibility index (Phi) is 53.9. The van der Waals surface area contributed by atoms with Crippen molar-refractivity contribution in [2.75, 3.05) is 40.9 Å². The molecular formula is C66H121N2O7P. The van der Waals surface area contributed by atoms with Gasteiger partial charge < -0.3 is 28.5 Å². The molecule has 1 amide bonds. The topological polar surface area (TPSA) is 114 Å². The fourth-order valence-corrected chi connectivity index (χ4v) is 9.66. The molecule has 0 heterocycles. The Morgan fingerprint density at radius 1 is 0.461 bits per heavy atom. The van der Waals surface area contributed by atoms with Gasteiger partial charge in [0.1, 0.15) is 19.3 Å². The Hall–Kier alpha value is -2.55. The summed E-state index contributed by atoms with van der Waals surface area (Å²) in [6.07, 6.45) is 71.8. The van der Waals surface area contributed by atoms with Crippen LogP contribution in [-0.4, -0.2) is 69.4 Å². The molecule has 9 nitrogen and oxygen atoms in total. The number of hydrogen-bond acceptors (Lipinski definition) is 7. The zero-order chi connectivity index (χ0) is 55.7. The number of phosphoric ester groups is 1. The number of nitrogens with zero attached hydrogens (tertiary/aromatic N) is 1. The van der Waals surface area contributed by atoms with Gasteiger partial charge in [0.15, 0.2) is 0 Å². The Morgan fingerprint density at radius 2 is 0.816 bits per heavy atom. The summed E-state index contributed by atoms with van der Waals surface area (Å²) in [4.78, 5) is 39.9. The fourth-order valence-electron chi connectivity index (χ4n) is 8.93. The van der Waals surface area contributed by atoms with Crippen molar-refractivity contribution in [3.8, 4) is 0 Å². The van der Waals surface area contributed by atoms with Crippen molar-refractivity contribution in [3.05, 3.63) is 72.9 Å². The molecular weight excluding hydrogens is 964 g/mol. The third-order valence-electron chi connectivity index (χ3n) is 13.9. The number of unbranched alkanes of at least 4 members (excludes halogenated alkanes) is 31. The van der Waals surface area contributed by atoms with Crippen LogP contribution in [0, 0.1) is 0 Å². The van der Waals surface area contributed by atoms with Gasteiger partial charge in [-0.15, -0.1) is 0 Å². The van der Waals surface area contributed by atoms with E-state index in [2.05, 4.69) is 80.8 Å². The molecule has 3 atom stereocenters. The number of phosphoric acid groups is 1. The Bertz CT molecular complexity index is 1530. The maximum absolute atomic E-state index is 13.5. The number of nitrogens with one attached hydrogen (secondary N) is 1. The second kappa shape index (κ2) is 55.8. The van der Waals surface area contributed by atoms with Gasteiger partial charge >= 0.3 is 5.97 Å². The predicted octanol–water partition coefficient (Wildman–Crippen LogP) is 19.0. The molecule has 0 radical (unpaired) electrons. The number of likely N-dealkylation sites (N-methyl/N-ethyl adjacent to an activating group) is 1. The lowest BCUT2D eigenvalue weighted by Crippen LogP contribution is -2.47. The van der Waals surface area contributed by atoms with Crippen molar-refractivity contribution >= 4 is 19.7 Å². The Balaban J connectivity index is 5.15. The molecule has 0 aromatic rings. The first kappa shape index (κ1) is 73.5. The summed E-state index contributed by atoms with van der Waals surface area (Å²) < 4.78 is 30.2. The molecule has 0 rings (SSSR count). The van der Waals surface area contributed by atoms with Crippen LogP contribution in [0.3, 0.4) is 0 Å². The van der Waals surface area contributed by atoms with Crippen LogP contribution in [0.15, 0.2) is 72.9 Å². The van der Waals surface area contributed by atoms with E-state index in [0.717, 1.165) is 64.2 Å². The fraction of sp³-hybridized carbons (Fsp3) is 0.788. The van der Waals surface area contributed by atoms with Crippen molar-refractivity contribution in [1.29, 1.82) is 0 Å². The van der Waals surface area contributed by atoms with Gasteiger partial charge in [0.2, 0.25) is 5.91 Å². The molecule has 76 heavy (non-hydrogen) atoms. The lowest BCUT2D eigenvalue weighted by Gasteiger charge is -2.30. The molecule has 0 bridgehead atoms. The van der Waals surface area contributed by atoms with E-state index in [0.29, 0.717) is 17.4 Å². The summed E-state index contributed by atoms with van der Waals surface area (Å²) in [7, 11) is 1.15. The first-order valence-corrected chi connectivity index (χ1v) is 33.2. The third-order valence-corrected chi connectivity index (χ3v) is 14.8. The number of carbonyl (C=O) groups is 2. The highest BCUT2D eigenvalue weighted by Crippen LogP contribution is 2.38. The zero-order valence-corrected chi connectivity index (χ0v) is 51.3. The van der Waals surface area contributed by atoms with Crippen LogP contribution < -0.4 is 10.2 Å². The SMILES string of the molecule is CCCCC/C=C\C/C=C\C/C=C\CCCCCCCCCCCCCCC(=O)OC(/C=C\CCCCCCCCCCCC)C(COP(=O)([O-])OCC[N+](C)(C)C)NC(=O)CC/C=C/C/C=C\CCCCCCCC. The number of allylic oxidation sites excluding steroid dienone is 11. The van der Waals surface area contributed by atoms with Crippen LogP contribution in [0.25, 0.3) is 0 Å². The lowest BCUT2D eigenvalue weighted by molar-refractivity contribution is -0.870. The summed E-state index contributed by atoms with van der Waals surface area (Å²) in [5, 5.41) is 2.98. The molecule has 3 unspecified atom stereocenters. The quantitative estimate of drug-likeness (QED) is 0.0212. The van der Waals surface area contributed by atoms with Gasteiger partial charge in [0.05, 0.1) is 33.8 Å². The molecule has 0 saturated heterocycles. The normalized spacial score (nSPS) is 14.1. The van der Waals surface area contributed by atoms with Gasteiger partial charge in [-0.25, -0.2) is 0 Å². The van der Waals surface area contributed by atoms with Crippen LogP contribution in [0.5, 0.6) is 0 Å². The maximum atomic E-state index is 13.5. The average Bonchev–Trinajstić information content (AvgIpc) is 3.38. The van der Waals surface area contributed by atoms with Crippen LogP contribution in [0.4, 0.5) is 0 Å². The number of hydrogen-bond donors (Lipinski definition) is 1. The second-order valence-electron chi connectivity index (χ2n) is 22.6. The molecule has 1 N–H and O–H groups in total. The molecule has 0 aromatic heterocycles. The van der Waals surface area contributed by atoms with Crippen molar-refractivity contribution in [2.45, 2.75) is 296 Å². The minimum absolute atomic E-state index is 0.0332. The summed E-state index contributed by atoms with van der Waals surface area (Å²) in [5.41, 5.74) is 0. The molecule has 0 aliphatic rings. The van der Waals surface area contributed by atoms with E-state index in [4.69, 9.17) is 13.8 Å². The second-order valence-corrected chi connectivity index (χ2v) is 24.0. The number of carbonyl (C=O) groups excluding carboxylic acids is 2. The third kappa shape index (κ3) is 56.2. The standard InChI is InChI=1S/C66H121N2O7P/c1-7-10-13-16-19-22-25-28-29-30-31-32-33-34-35-36-37-38-39-41-44-47-50-53-56-59-66(70)75-64(57-54-51-48-45-42-27-24-21-18-15-12-9-3)63(62-74-76(71,72)73-61-60-68(4,5)6)67-65(69)58-55-52-49-46-43-40-26-23-20-17-14-11-8-2/h19,22,28-29,31-32,40,43,49,52,54,57,63-64H,7-18,20-21,23-27,30,33-39,41-42,44-48,50-51,53,55-56,58-62H2,1-6H3,(H-,67,69,71,72)/b22-19-,29-28-,32-31-,43-40-,52-49+,57-54-. The van der Waals surface area contributed by atoms with E-state index in [1.165, 1.54) is 180 Å². The summed E-state index contributed by atoms with van der Waals surface area (Å²) >= 11 is 0. The molecule has 0 aliphatic carbocycles. The van der Waals surface area contributed by atoms with E-state index in [9.17, 15) is 19.0 Å². The largest absolute Gasteiger partial charge is 0.756 e. The van der Waals surface area contributed by atoms with Crippen LogP contribution in [-0.2, 0) is 27.9 Å². The van der Waals surface area contributed by atoms with E-state index in [-0.39, 0.29) is 31.3 Å². The molecule has 442 valence electrons. The van der Waals surface area contributed by atoms with Crippen molar-refractivity contribution in [1.82, 2.24) is 5.32 Å². The predicted molar refractivity (Wildman–Crippen MR) is 325 cm³/mol. The summed E-state index contributed by atoms with van der Waals surface area (Å²) in [6, 6.07) is -0.920. The first-order valence-electron chi connectivity index (χ1n) is 31.7. The van der Waals surface area contributed by atoms with Crippen molar-refractivity contribution in [3.63, 3.8) is 0 Å². The van der Waals surface area contributed by atoms with Gasteiger partial charge in [0.25, 0.3) is 7.82 Å². The minimum atomic E-state index is -4.71. The molecule has 10 heteroatoms. The first-order chi connectivity index (χ1) is 36.9. The maximum Gasteiger partial charge on any atom is 0.306 e. The lowest BCUT2D eigenvalue weighted by atomic mass is 10.0. The molecule has 0 spiro atoms. The number of esters is 1. The van der Waals surface area contributed by atoms with Crippen LogP contribution >= 0.6 is 7.82 Å². The molecule has 0 fully saturated rings. The number of ether oxygens (including phenoxy) is 1. The summed E-state index contributed by atoms with van der Waals surface area (Å²) in [6.45, 7) is 6.77. The van der Waals surface area contributed by atoms with Crippen LogP contribution in [0.1, 0.15) is 284 Å². The van der Waals surface area contributed by atoms with Crippen molar-refractivity contribution in [2.24, 2.45) is 0 Å². The number of amides is 1. The van der Waals surface area contributed by atoms with E-state index in [1.54, 1.807) is 0 Å². The van der Waals surface area contributed by atoms with Gasteiger partial charge in [-0.2, -0.15) is 0 Å². The smallest absolute Gasteiger partial charge is 0.306 e. The Morgan fingerprint density at radius 3 is 1.25 bits per heavy atom. The highest BCUT2D eigenvalue weighted by molar-refractivity contribution is 7.45. The number of quaternary nitrogens is 1. The van der Waals surface area contributed by atoms with E-state index in [1.807, 2.05) is 39.4 Å². The van der Waals surface area contributed by atoms with Gasteiger partial charge in [0, 0.05) is 12.8 Å². The molecule has 0 aliphatic heterocycles. The van der Waals surface area contributed by atoms with Gasteiger partial charge in [-0.3, -0.25) is 14.2 Å². The van der Waals surface area contributed by atoms with Gasteiger partial charge in [-0.05, 0) is 89.5 Å². The van der Waals surface area contributed by atoms with E-state index < -0.39 is 26.6 Å². The number of rotatable bonds is 57. The van der Waals surface area contributed by atoms with Crippen molar-refractivity contribution < 1.29 is 37.3 Å². The minimum Gasteiger partial charge on any atom is -0.756 e. The highest BCUT2D eigenvalue weighted by Gasteiger charge is 2.27.